The molecular weight excluding hydrogens is 313 g/mol. The molecule has 0 heterocycles. The fourth-order valence-electron chi connectivity index (χ4n) is 3.28. The molecule has 0 saturated heterocycles. The number of halogens is 2. The van der Waals surface area contributed by atoms with Crippen LogP contribution in [0.1, 0.15) is 91.4 Å². The lowest BCUT2D eigenvalue weighted by molar-refractivity contribution is -0.929. The Bertz CT molecular complexity index is 200. The number of hydrogen-bond donors (Lipinski definition) is 0. The van der Waals surface area contributed by atoms with Crippen molar-refractivity contribution in [2.45, 2.75) is 91.4 Å². The van der Waals surface area contributed by atoms with E-state index >= 15 is 0 Å². The molecule has 0 bridgehead atoms. The van der Waals surface area contributed by atoms with Crippen molar-refractivity contribution in [1.29, 1.82) is 0 Å². The van der Waals surface area contributed by atoms with Crippen molar-refractivity contribution in [2.24, 2.45) is 0 Å². The smallest absolute Gasteiger partial charge is 0.0787 e. The molecule has 0 aromatic heterocycles. The number of alkyl halides is 1. The highest BCUT2D eigenvalue weighted by Gasteiger charge is 2.25. The van der Waals surface area contributed by atoms with Crippen molar-refractivity contribution in [3.63, 3.8) is 0 Å². The molecule has 136 valence electrons. The van der Waals surface area contributed by atoms with Crippen LogP contribution in [0.5, 0.6) is 0 Å². The second kappa shape index (κ2) is 17.9. The molecule has 0 aliphatic carbocycles. The highest BCUT2D eigenvalue weighted by molar-refractivity contribution is 6.17. The molecule has 22 heavy (non-hydrogen) atoms. The van der Waals surface area contributed by atoms with E-state index in [1.165, 1.54) is 101 Å². The summed E-state index contributed by atoms with van der Waals surface area (Å²) in [5, 5.41) is 0. The van der Waals surface area contributed by atoms with Crippen molar-refractivity contribution in [1.82, 2.24) is 0 Å². The van der Waals surface area contributed by atoms with Gasteiger partial charge in [0, 0.05) is 5.88 Å². The van der Waals surface area contributed by atoms with Gasteiger partial charge < -0.3 is 16.9 Å². The van der Waals surface area contributed by atoms with E-state index in [9.17, 15) is 0 Å². The standard InChI is InChI=1S/C19H41ClN.ClH/c1-4-7-10-13-18-21(16-9-6-3,17-12-8-5-2)19-14-11-15-20;/h4-19H2,1-3H3;1H/q+1;/p-1. The number of hydrogen-bond acceptors (Lipinski definition) is 0. The van der Waals surface area contributed by atoms with Crippen molar-refractivity contribution >= 4 is 11.6 Å². The molecule has 1 atom stereocenters. The number of quaternary nitrogens is 1. The van der Waals surface area contributed by atoms with Crippen molar-refractivity contribution in [3.8, 4) is 0 Å². The third-order valence-corrected chi connectivity index (χ3v) is 4.99. The molecule has 0 aromatic carbocycles. The average Bonchev–Trinajstić information content (AvgIpc) is 2.50. The highest BCUT2D eigenvalue weighted by atomic mass is 35.5. The summed E-state index contributed by atoms with van der Waals surface area (Å²) in [4.78, 5) is 0. The summed E-state index contributed by atoms with van der Waals surface area (Å²) in [5.74, 6) is 0.832. The normalized spacial score (nSPS) is 13.6. The van der Waals surface area contributed by atoms with Gasteiger partial charge in [-0.05, 0) is 44.9 Å². The van der Waals surface area contributed by atoms with Gasteiger partial charge in [0.2, 0.25) is 0 Å². The van der Waals surface area contributed by atoms with Gasteiger partial charge in [-0.25, -0.2) is 0 Å². The monoisotopic (exact) mass is 353 g/mol. The lowest BCUT2D eigenvalue weighted by Crippen LogP contribution is -3.00. The van der Waals surface area contributed by atoms with Gasteiger partial charge in [-0.3, -0.25) is 0 Å². The van der Waals surface area contributed by atoms with Gasteiger partial charge in [0.25, 0.3) is 0 Å². The van der Waals surface area contributed by atoms with E-state index in [1.807, 2.05) is 0 Å². The van der Waals surface area contributed by atoms with E-state index in [0.29, 0.717) is 0 Å². The summed E-state index contributed by atoms with van der Waals surface area (Å²) < 4.78 is 1.38. The molecule has 0 amide bonds. The van der Waals surface area contributed by atoms with Crippen LogP contribution in [0.25, 0.3) is 0 Å². The predicted molar refractivity (Wildman–Crippen MR) is 98.3 cm³/mol. The van der Waals surface area contributed by atoms with E-state index in [1.54, 1.807) is 0 Å². The van der Waals surface area contributed by atoms with Crippen LogP contribution in [0, 0.1) is 0 Å². The van der Waals surface area contributed by atoms with Gasteiger partial charge >= 0.3 is 0 Å². The summed E-state index contributed by atoms with van der Waals surface area (Å²) >= 11 is 5.90. The summed E-state index contributed by atoms with van der Waals surface area (Å²) in [7, 11) is 0. The zero-order chi connectivity index (χ0) is 15.8. The number of nitrogens with zero attached hydrogens (tertiary/aromatic N) is 1. The first-order valence-corrected chi connectivity index (χ1v) is 10.2. The maximum absolute atomic E-state index is 5.90. The van der Waals surface area contributed by atoms with Crippen molar-refractivity contribution < 1.29 is 16.9 Å². The zero-order valence-electron chi connectivity index (χ0n) is 15.5. The summed E-state index contributed by atoms with van der Waals surface area (Å²) in [6, 6.07) is 0. The Morgan fingerprint density at radius 3 is 1.45 bits per heavy atom. The number of unbranched alkanes of at least 4 members (excludes halogenated alkanes) is 7. The van der Waals surface area contributed by atoms with E-state index in [-0.39, 0.29) is 12.4 Å². The molecule has 1 nitrogen and oxygen atoms in total. The molecule has 0 fully saturated rings. The highest BCUT2D eigenvalue weighted by Crippen LogP contribution is 2.18. The molecule has 0 saturated carbocycles. The van der Waals surface area contributed by atoms with Gasteiger partial charge in [0.15, 0.2) is 0 Å². The van der Waals surface area contributed by atoms with E-state index in [0.717, 1.165) is 5.88 Å². The Labute approximate surface area is 152 Å². The first kappa shape index (κ1) is 24.8. The van der Waals surface area contributed by atoms with Crippen LogP contribution in [0.3, 0.4) is 0 Å². The minimum Gasteiger partial charge on any atom is -1.00 e. The average molecular weight is 354 g/mol. The Hall–Kier alpha value is 0.540. The van der Waals surface area contributed by atoms with Crippen LogP contribution >= 0.6 is 11.6 Å². The van der Waals surface area contributed by atoms with Crippen LogP contribution in [0.15, 0.2) is 0 Å². The molecule has 0 radical (unpaired) electrons. The largest absolute Gasteiger partial charge is 1.00 e. The molecule has 1 unspecified atom stereocenters. The van der Waals surface area contributed by atoms with Gasteiger partial charge in [-0.15, -0.1) is 11.6 Å². The second-order valence-electron chi connectivity index (χ2n) is 6.75. The lowest BCUT2D eigenvalue weighted by atomic mass is 10.1. The Balaban J connectivity index is 0. The van der Waals surface area contributed by atoms with Gasteiger partial charge in [-0.2, -0.15) is 0 Å². The molecule has 3 heteroatoms. The van der Waals surface area contributed by atoms with Crippen molar-refractivity contribution in [3.05, 3.63) is 0 Å². The molecule has 0 spiro atoms. The first-order chi connectivity index (χ1) is 10.2. The molecule has 0 aliphatic heterocycles. The fourth-order valence-corrected chi connectivity index (χ4v) is 3.47. The Kier molecular flexibility index (Phi) is 20.2. The predicted octanol–water partition coefficient (Wildman–Crippen LogP) is 3.40. The SMILES string of the molecule is CCCCCC[N+](CCCC)(CCCCC)CCCCCl.[Cl-]. The lowest BCUT2D eigenvalue weighted by Gasteiger charge is -2.39. The summed E-state index contributed by atoms with van der Waals surface area (Å²) in [6.07, 6.45) is 15.0. The topological polar surface area (TPSA) is 0 Å². The van der Waals surface area contributed by atoms with E-state index in [2.05, 4.69) is 20.8 Å². The third kappa shape index (κ3) is 13.0. The Morgan fingerprint density at radius 2 is 0.955 bits per heavy atom. The molecular formula is C19H41Cl2N. The third-order valence-electron chi connectivity index (χ3n) is 4.72. The second-order valence-corrected chi connectivity index (χ2v) is 7.13. The quantitative estimate of drug-likeness (QED) is 0.226. The van der Waals surface area contributed by atoms with E-state index < -0.39 is 0 Å². The van der Waals surface area contributed by atoms with Crippen LogP contribution in [0.2, 0.25) is 0 Å². The van der Waals surface area contributed by atoms with Gasteiger partial charge in [0.05, 0.1) is 26.2 Å². The van der Waals surface area contributed by atoms with Gasteiger partial charge in [0.1, 0.15) is 0 Å². The summed E-state index contributed by atoms with van der Waals surface area (Å²) in [6.45, 7) is 12.5. The Morgan fingerprint density at radius 1 is 0.545 bits per heavy atom. The minimum absolute atomic E-state index is 0. The fraction of sp³-hybridized carbons (Fsp3) is 1.00. The van der Waals surface area contributed by atoms with Crippen molar-refractivity contribution in [2.75, 3.05) is 32.1 Å². The zero-order valence-corrected chi connectivity index (χ0v) is 17.0. The van der Waals surface area contributed by atoms with Gasteiger partial charge in [-0.1, -0.05) is 46.5 Å². The minimum atomic E-state index is 0. The van der Waals surface area contributed by atoms with Crippen LogP contribution in [-0.2, 0) is 0 Å². The maximum atomic E-state index is 5.90. The van der Waals surface area contributed by atoms with Crippen LogP contribution < -0.4 is 12.4 Å². The van der Waals surface area contributed by atoms with Crippen LogP contribution in [0.4, 0.5) is 0 Å². The first-order valence-electron chi connectivity index (χ1n) is 9.65. The van der Waals surface area contributed by atoms with Crippen LogP contribution in [-0.4, -0.2) is 36.5 Å². The summed E-state index contributed by atoms with van der Waals surface area (Å²) in [5.41, 5.74) is 0. The van der Waals surface area contributed by atoms with E-state index in [4.69, 9.17) is 11.6 Å². The molecule has 0 N–H and O–H groups in total. The molecule has 0 aliphatic rings. The molecule has 0 rings (SSSR count). The molecule has 0 aromatic rings. The maximum Gasteiger partial charge on any atom is 0.0787 e. The number of rotatable bonds is 16.